The van der Waals surface area contributed by atoms with Gasteiger partial charge in [-0.05, 0) is 36.8 Å². The molecule has 25 heavy (non-hydrogen) atoms. The lowest BCUT2D eigenvalue weighted by Crippen LogP contribution is -2.30. The van der Waals surface area contributed by atoms with E-state index in [2.05, 4.69) is 4.98 Å². The number of carbonyl (C=O) groups excluding carboxylic acids is 1. The lowest BCUT2D eigenvalue weighted by Gasteiger charge is -2.22. The van der Waals surface area contributed by atoms with Gasteiger partial charge in [0.1, 0.15) is 0 Å². The number of hydrogen-bond donors (Lipinski definition) is 0. The third-order valence-corrected chi connectivity index (χ3v) is 4.36. The van der Waals surface area contributed by atoms with Crippen LogP contribution in [0.2, 0.25) is 0 Å². The Morgan fingerprint density at radius 3 is 2.84 bits per heavy atom. The summed E-state index contributed by atoms with van der Waals surface area (Å²) in [6, 6.07) is 15.3. The minimum Gasteiger partial charge on any atom is -0.454 e. The van der Waals surface area contributed by atoms with E-state index >= 15 is 0 Å². The summed E-state index contributed by atoms with van der Waals surface area (Å²) >= 11 is 0. The molecule has 0 unspecified atom stereocenters. The van der Waals surface area contributed by atoms with Crippen LogP contribution < -0.4 is 9.47 Å². The van der Waals surface area contributed by atoms with Crippen molar-refractivity contribution < 1.29 is 14.3 Å². The van der Waals surface area contributed by atoms with Gasteiger partial charge in [-0.2, -0.15) is 0 Å². The van der Waals surface area contributed by atoms with Crippen LogP contribution in [0.15, 0.2) is 54.7 Å². The summed E-state index contributed by atoms with van der Waals surface area (Å²) in [5.41, 5.74) is 2.51. The monoisotopic (exact) mass is 334 g/mol. The summed E-state index contributed by atoms with van der Waals surface area (Å²) in [5, 5.41) is 0.874. The predicted molar refractivity (Wildman–Crippen MR) is 94.7 cm³/mol. The maximum absolute atomic E-state index is 13.1. The molecule has 0 saturated carbocycles. The molecule has 2 heterocycles. The summed E-state index contributed by atoms with van der Waals surface area (Å²) in [4.78, 5) is 19.2. The third kappa shape index (κ3) is 2.89. The highest BCUT2D eigenvalue weighted by Gasteiger charge is 2.19. The molecule has 0 saturated heterocycles. The van der Waals surface area contributed by atoms with Crippen molar-refractivity contribution in [3.8, 4) is 11.5 Å². The summed E-state index contributed by atoms with van der Waals surface area (Å²) in [7, 11) is 0. The quantitative estimate of drug-likeness (QED) is 0.731. The van der Waals surface area contributed by atoms with Gasteiger partial charge in [0.2, 0.25) is 6.79 Å². The van der Waals surface area contributed by atoms with E-state index in [0.717, 1.165) is 28.0 Å². The SMILES string of the molecule is CCN(Cc1ccc2c(c1)OCO2)C(=O)c1ccnc2ccccc12. The van der Waals surface area contributed by atoms with Crippen molar-refractivity contribution in [3.63, 3.8) is 0 Å². The molecule has 0 bridgehead atoms. The summed E-state index contributed by atoms with van der Waals surface area (Å²) < 4.78 is 10.8. The molecule has 1 aliphatic heterocycles. The van der Waals surface area contributed by atoms with Gasteiger partial charge in [-0.25, -0.2) is 0 Å². The Morgan fingerprint density at radius 2 is 1.96 bits per heavy atom. The highest BCUT2D eigenvalue weighted by molar-refractivity contribution is 6.05. The lowest BCUT2D eigenvalue weighted by molar-refractivity contribution is 0.0754. The number of pyridine rings is 1. The first-order chi connectivity index (χ1) is 12.3. The van der Waals surface area contributed by atoms with Crippen molar-refractivity contribution in [1.82, 2.24) is 9.88 Å². The number of para-hydroxylation sites is 1. The summed E-state index contributed by atoms with van der Waals surface area (Å²) in [6.45, 7) is 3.36. The fourth-order valence-electron chi connectivity index (χ4n) is 3.04. The molecule has 0 radical (unpaired) electrons. The normalized spacial score (nSPS) is 12.4. The van der Waals surface area contributed by atoms with Crippen molar-refractivity contribution in [2.45, 2.75) is 13.5 Å². The maximum atomic E-state index is 13.1. The van der Waals surface area contributed by atoms with E-state index in [1.165, 1.54) is 0 Å². The fourth-order valence-corrected chi connectivity index (χ4v) is 3.04. The average molecular weight is 334 g/mol. The smallest absolute Gasteiger partial charge is 0.254 e. The number of carbonyl (C=O) groups is 1. The Balaban J connectivity index is 1.63. The molecule has 0 atom stereocenters. The molecule has 3 aromatic rings. The largest absolute Gasteiger partial charge is 0.454 e. The van der Waals surface area contributed by atoms with Gasteiger partial charge in [0.25, 0.3) is 5.91 Å². The lowest BCUT2D eigenvalue weighted by atomic mass is 10.1. The average Bonchev–Trinajstić information content (AvgIpc) is 3.13. The van der Waals surface area contributed by atoms with Gasteiger partial charge in [-0.3, -0.25) is 9.78 Å². The number of ether oxygens (including phenoxy) is 2. The molecule has 5 heteroatoms. The second kappa shape index (κ2) is 6.43. The highest BCUT2D eigenvalue weighted by atomic mass is 16.7. The van der Waals surface area contributed by atoms with Crippen LogP contribution in [0, 0.1) is 0 Å². The number of hydrogen-bond acceptors (Lipinski definition) is 4. The van der Waals surface area contributed by atoms with Crippen LogP contribution in [0.3, 0.4) is 0 Å². The summed E-state index contributed by atoms with van der Waals surface area (Å²) in [6.07, 6.45) is 1.68. The van der Waals surface area contributed by atoms with E-state index in [-0.39, 0.29) is 12.7 Å². The highest BCUT2D eigenvalue weighted by Crippen LogP contribution is 2.33. The first-order valence-corrected chi connectivity index (χ1v) is 8.28. The topological polar surface area (TPSA) is 51.7 Å². The number of nitrogens with zero attached hydrogens (tertiary/aromatic N) is 2. The zero-order valence-electron chi connectivity index (χ0n) is 13.9. The van der Waals surface area contributed by atoms with Crippen LogP contribution in [0.1, 0.15) is 22.8 Å². The Hall–Kier alpha value is -3.08. The molecule has 1 aliphatic rings. The van der Waals surface area contributed by atoms with Crippen LogP contribution in [0.25, 0.3) is 10.9 Å². The van der Waals surface area contributed by atoms with Gasteiger partial charge < -0.3 is 14.4 Å². The molecule has 1 amide bonds. The van der Waals surface area contributed by atoms with Crippen molar-refractivity contribution in [1.29, 1.82) is 0 Å². The number of fused-ring (bicyclic) bond motifs is 2. The van der Waals surface area contributed by atoms with Crippen LogP contribution in [-0.4, -0.2) is 29.1 Å². The van der Waals surface area contributed by atoms with Gasteiger partial charge in [-0.15, -0.1) is 0 Å². The number of rotatable bonds is 4. The number of amides is 1. The van der Waals surface area contributed by atoms with Gasteiger partial charge in [0.15, 0.2) is 11.5 Å². The van der Waals surface area contributed by atoms with E-state index in [0.29, 0.717) is 18.7 Å². The molecule has 4 rings (SSSR count). The minimum atomic E-state index is -0.00114. The standard InChI is InChI=1S/C20H18N2O3/c1-2-22(12-14-7-8-18-19(11-14)25-13-24-18)20(23)16-9-10-21-17-6-4-3-5-15(16)17/h3-11H,2,12-13H2,1H3. The van der Waals surface area contributed by atoms with Crippen LogP contribution in [-0.2, 0) is 6.54 Å². The minimum absolute atomic E-state index is 0.00114. The van der Waals surface area contributed by atoms with Crippen molar-refractivity contribution >= 4 is 16.8 Å². The molecular formula is C20H18N2O3. The van der Waals surface area contributed by atoms with Gasteiger partial charge in [-0.1, -0.05) is 24.3 Å². The molecular weight excluding hydrogens is 316 g/mol. The zero-order valence-corrected chi connectivity index (χ0v) is 13.9. The molecule has 0 N–H and O–H groups in total. The third-order valence-electron chi connectivity index (χ3n) is 4.36. The first-order valence-electron chi connectivity index (χ1n) is 8.28. The Bertz CT molecular complexity index is 934. The Labute approximate surface area is 145 Å². The van der Waals surface area contributed by atoms with Gasteiger partial charge in [0, 0.05) is 24.7 Å². The van der Waals surface area contributed by atoms with Crippen LogP contribution in [0.4, 0.5) is 0 Å². The molecule has 5 nitrogen and oxygen atoms in total. The number of benzene rings is 2. The first kappa shape index (κ1) is 15.4. The van der Waals surface area contributed by atoms with Crippen LogP contribution in [0.5, 0.6) is 11.5 Å². The van der Waals surface area contributed by atoms with Gasteiger partial charge >= 0.3 is 0 Å². The summed E-state index contributed by atoms with van der Waals surface area (Å²) in [5.74, 6) is 1.48. The molecule has 2 aromatic carbocycles. The maximum Gasteiger partial charge on any atom is 0.254 e. The molecule has 126 valence electrons. The van der Waals surface area contributed by atoms with E-state index in [1.54, 1.807) is 12.3 Å². The van der Waals surface area contributed by atoms with E-state index in [9.17, 15) is 4.79 Å². The predicted octanol–water partition coefficient (Wildman–Crippen LogP) is 3.63. The van der Waals surface area contributed by atoms with E-state index < -0.39 is 0 Å². The second-order valence-electron chi connectivity index (χ2n) is 5.88. The molecule has 0 fully saturated rings. The van der Waals surface area contributed by atoms with Crippen molar-refractivity contribution in [2.24, 2.45) is 0 Å². The Morgan fingerprint density at radius 1 is 1.12 bits per heavy atom. The Kier molecular flexibility index (Phi) is 3.98. The van der Waals surface area contributed by atoms with Gasteiger partial charge in [0.05, 0.1) is 11.1 Å². The van der Waals surface area contributed by atoms with E-state index in [4.69, 9.17) is 9.47 Å². The molecule has 0 spiro atoms. The fraction of sp³-hybridized carbons (Fsp3) is 0.200. The second-order valence-corrected chi connectivity index (χ2v) is 5.88. The zero-order chi connectivity index (χ0) is 17.2. The van der Waals surface area contributed by atoms with Crippen LogP contribution >= 0.6 is 0 Å². The van der Waals surface area contributed by atoms with Crippen molar-refractivity contribution in [3.05, 3.63) is 65.9 Å². The van der Waals surface area contributed by atoms with E-state index in [1.807, 2.05) is 54.3 Å². The molecule has 1 aromatic heterocycles. The van der Waals surface area contributed by atoms with Crippen molar-refractivity contribution in [2.75, 3.05) is 13.3 Å². The number of aromatic nitrogens is 1. The molecule has 0 aliphatic carbocycles.